The molecule has 0 bridgehead atoms. The summed E-state index contributed by atoms with van der Waals surface area (Å²) in [5.74, 6) is -1.17. The highest BCUT2D eigenvalue weighted by atomic mass is 16.6. The van der Waals surface area contributed by atoms with Gasteiger partial charge in [-0.25, -0.2) is 9.59 Å². The molecule has 3 nitrogen and oxygen atoms in total. The van der Waals surface area contributed by atoms with Crippen LogP contribution in [-0.4, -0.2) is 11.9 Å². The molecule has 0 N–H and O–H groups in total. The Balaban J connectivity index is 1.59. The van der Waals surface area contributed by atoms with E-state index in [0.29, 0.717) is 16.5 Å². The van der Waals surface area contributed by atoms with Crippen LogP contribution in [0.5, 0.6) is 0 Å². The van der Waals surface area contributed by atoms with E-state index in [1.807, 2.05) is 18.2 Å². The van der Waals surface area contributed by atoms with Gasteiger partial charge >= 0.3 is 11.9 Å². The van der Waals surface area contributed by atoms with Gasteiger partial charge in [0.1, 0.15) is 0 Å². The van der Waals surface area contributed by atoms with E-state index >= 15 is 0 Å². The summed E-state index contributed by atoms with van der Waals surface area (Å²) in [6.45, 7) is 0. The first kappa shape index (κ1) is 16.5. The molecule has 7 rings (SSSR count). The zero-order valence-electron chi connectivity index (χ0n) is 16.3. The Bertz CT molecular complexity index is 1590. The van der Waals surface area contributed by atoms with Gasteiger partial charge in [-0.1, -0.05) is 72.8 Å². The molecule has 1 aliphatic carbocycles. The van der Waals surface area contributed by atoms with E-state index in [-0.39, 0.29) is 0 Å². The zero-order chi connectivity index (χ0) is 20.7. The molecular formula is C28H14O3. The number of fused-ring (bicyclic) bond motifs is 3. The van der Waals surface area contributed by atoms with Gasteiger partial charge in [0, 0.05) is 5.39 Å². The largest absolute Gasteiger partial charge is 0.386 e. The first-order valence-corrected chi connectivity index (χ1v) is 10.2. The van der Waals surface area contributed by atoms with Crippen molar-refractivity contribution in [3.8, 4) is 33.4 Å². The minimum absolute atomic E-state index is 0.437. The normalized spacial score (nSPS) is 13.5. The molecule has 3 heteroatoms. The Kier molecular flexibility index (Phi) is 3.03. The molecule has 0 unspecified atom stereocenters. The molecule has 0 atom stereocenters. The van der Waals surface area contributed by atoms with E-state index in [1.54, 1.807) is 12.1 Å². The fraction of sp³-hybridized carbons (Fsp3) is 0. The third-order valence-electron chi connectivity index (χ3n) is 6.50. The van der Waals surface area contributed by atoms with Gasteiger partial charge in [-0.15, -0.1) is 0 Å². The van der Waals surface area contributed by atoms with Crippen molar-refractivity contribution >= 4 is 33.5 Å². The number of ether oxygens (including phenoxy) is 1. The number of hydrogen-bond acceptors (Lipinski definition) is 3. The topological polar surface area (TPSA) is 43.4 Å². The molecule has 0 saturated heterocycles. The van der Waals surface area contributed by atoms with E-state index in [2.05, 4.69) is 54.6 Å². The monoisotopic (exact) mass is 398 g/mol. The average molecular weight is 398 g/mol. The summed E-state index contributed by atoms with van der Waals surface area (Å²) in [7, 11) is 0. The van der Waals surface area contributed by atoms with Gasteiger partial charge in [-0.05, 0) is 61.7 Å². The minimum atomic E-state index is -0.587. The summed E-state index contributed by atoms with van der Waals surface area (Å²) < 4.78 is 4.92. The highest BCUT2D eigenvalue weighted by molar-refractivity contribution is 6.25. The molecule has 2 aliphatic rings. The predicted molar refractivity (Wildman–Crippen MR) is 121 cm³/mol. The summed E-state index contributed by atoms with van der Waals surface area (Å²) in [5.41, 5.74) is 7.96. The second-order valence-electron chi connectivity index (χ2n) is 8.00. The molecule has 0 radical (unpaired) electrons. The van der Waals surface area contributed by atoms with Crippen molar-refractivity contribution in [1.29, 1.82) is 0 Å². The first-order valence-electron chi connectivity index (χ1n) is 10.2. The molecule has 5 aromatic carbocycles. The maximum Gasteiger partial charge on any atom is 0.346 e. The van der Waals surface area contributed by atoms with E-state index in [4.69, 9.17) is 4.74 Å². The van der Waals surface area contributed by atoms with Gasteiger partial charge in [-0.3, -0.25) is 0 Å². The maximum atomic E-state index is 12.3. The van der Waals surface area contributed by atoms with Crippen LogP contribution < -0.4 is 0 Å². The molecule has 0 fully saturated rings. The Labute approximate surface area is 177 Å². The van der Waals surface area contributed by atoms with Gasteiger partial charge in [0.05, 0.1) is 11.1 Å². The smallest absolute Gasteiger partial charge is 0.346 e. The fourth-order valence-electron chi connectivity index (χ4n) is 5.22. The molecule has 144 valence electrons. The van der Waals surface area contributed by atoms with Crippen LogP contribution in [0.4, 0.5) is 0 Å². The molecule has 0 aromatic heterocycles. The molecule has 5 aromatic rings. The van der Waals surface area contributed by atoms with Crippen LogP contribution in [0.25, 0.3) is 54.9 Å². The van der Waals surface area contributed by atoms with Crippen LogP contribution in [0, 0.1) is 0 Å². The maximum absolute atomic E-state index is 12.3. The van der Waals surface area contributed by atoms with Crippen LogP contribution in [-0.2, 0) is 4.74 Å². The SMILES string of the molecule is O=C1OC(=O)c2ccc(-c3ccc4c5c(cccc35)-c3ccccc3-4)c3cccc1c23. The third kappa shape index (κ3) is 2.02. The summed E-state index contributed by atoms with van der Waals surface area (Å²) in [6.07, 6.45) is 0. The lowest BCUT2D eigenvalue weighted by Crippen LogP contribution is -2.19. The number of rotatable bonds is 1. The van der Waals surface area contributed by atoms with Gasteiger partial charge in [0.15, 0.2) is 0 Å². The van der Waals surface area contributed by atoms with Crippen molar-refractivity contribution in [3.05, 3.63) is 96.1 Å². The second-order valence-corrected chi connectivity index (χ2v) is 8.00. The average Bonchev–Trinajstić information content (AvgIpc) is 3.13. The second kappa shape index (κ2) is 5.67. The Hall–Kier alpha value is -4.24. The number of hydrogen-bond donors (Lipinski definition) is 0. The summed E-state index contributed by atoms with van der Waals surface area (Å²) in [5, 5.41) is 3.97. The van der Waals surface area contributed by atoms with Crippen molar-refractivity contribution in [1.82, 2.24) is 0 Å². The van der Waals surface area contributed by atoms with E-state index in [9.17, 15) is 9.59 Å². The van der Waals surface area contributed by atoms with Crippen LogP contribution in [0.3, 0.4) is 0 Å². The van der Waals surface area contributed by atoms with Crippen LogP contribution in [0.15, 0.2) is 84.9 Å². The van der Waals surface area contributed by atoms with Crippen LogP contribution in [0.2, 0.25) is 0 Å². The molecule has 0 saturated carbocycles. The zero-order valence-corrected chi connectivity index (χ0v) is 16.3. The van der Waals surface area contributed by atoms with Crippen molar-refractivity contribution < 1.29 is 14.3 Å². The quantitative estimate of drug-likeness (QED) is 0.231. The van der Waals surface area contributed by atoms with Crippen LogP contribution >= 0.6 is 0 Å². The Morgan fingerprint density at radius 2 is 0.806 bits per heavy atom. The van der Waals surface area contributed by atoms with Crippen LogP contribution in [0.1, 0.15) is 20.7 Å². The lowest BCUT2D eigenvalue weighted by molar-refractivity contribution is 0.0391. The molecule has 31 heavy (non-hydrogen) atoms. The van der Waals surface area contributed by atoms with Crippen molar-refractivity contribution in [2.75, 3.05) is 0 Å². The molecule has 0 spiro atoms. The highest BCUT2D eigenvalue weighted by Gasteiger charge is 2.29. The highest BCUT2D eigenvalue weighted by Crippen LogP contribution is 2.49. The standard InChI is InChI=1S/C28H14O3/c29-27-23-10-4-9-21-18(12-14-24(26(21)23)28(30)31-27)17-11-13-22-16-6-2-1-5-15(16)19-7-3-8-20(17)25(19)22/h1-14H. The van der Waals surface area contributed by atoms with E-state index in [1.165, 1.54) is 27.6 Å². The molecule has 1 aliphatic heterocycles. The summed E-state index contributed by atoms with van der Waals surface area (Å²) in [6, 6.07) is 28.5. The molecule has 1 heterocycles. The Morgan fingerprint density at radius 3 is 1.45 bits per heavy atom. The predicted octanol–water partition coefficient (Wildman–Crippen LogP) is 6.62. The third-order valence-corrected chi connectivity index (χ3v) is 6.50. The fourth-order valence-corrected chi connectivity index (χ4v) is 5.22. The number of cyclic esters (lactones) is 2. The molecule has 0 amide bonds. The Morgan fingerprint density at radius 1 is 0.387 bits per heavy atom. The van der Waals surface area contributed by atoms with Gasteiger partial charge in [-0.2, -0.15) is 0 Å². The minimum Gasteiger partial charge on any atom is -0.386 e. The lowest BCUT2D eigenvalue weighted by atomic mass is 9.88. The van der Waals surface area contributed by atoms with E-state index in [0.717, 1.165) is 21.9 Å². The summed E-state index contributed by atoms with van der Waals surface area (Å²) >= 11 is 0. The number of carbonyl (C=O) groups excluding carboxylic acids is 2. The summed E-state index contributed by atoms with van der Waals surface area (Å²) in [4.78, 5) is 24.6. The number of benzene rings is 5. The molecular weight excluding hydrogens is 384 g/mol. The van der Waals surface area contributed by atoms with Gasteiger partial charge < -0.3 is 4.74 Å². The van der Waals surface area contributed by atoms with Crippen molar-refractivity contribution in [2.45, 2.75) is 0 Å². The van der Waals surface area contributed by atoms with Gasteiger partial charge in [0.25, 0.3) is 0 Å². The van der Waals surface area contributed by atoms with Crippen molar-refractivity contribution in [3.63, 3.8) is 0 Å². The number of carbonyl (C=O) groups is 2. The van der Waals surface area contributed by atoms with E-state index < -0.39 is 11.9 Å². The first-order chi connectivity index (χ1) is 15.2. The number of esters is 2. The van der Waals surface area contributed by atoms with Gasteiger partial charge in [0.2, 0.25) is 0 Å². The lowest BCUT2D eigenvalue weighted by Gasteiger charge is -2.18. The van der Waals surface area contributed by atoms with Crippen molar-refractivity contribution in [2.24, 2.45) is 0 Å².